The number of hydrogen-bond donors (Lipinski definition) is 1. The SMILES string of the molecule is CC1(C)CC(=O)c2c(Nc3ccc(Br)cc3)c(-c3ccc(Cl)cc3)n(-c3ccc(Cl)cc3)c2C1. The molecule has 0 aliphatic heterocycles. The average Bonchev–Trinajstić information content (AvgIpc) is 3.09. The van der Waals surface area contributed by atoms with E-state index in [4.69, 9.17) is 23.2 Å². The van der Waals surface area contributed by atoms with E-state index in [9.17, 15) is 4.79 Å². The van der Waals surface area contributed by atoms with Crippen LogP contribution < -0.4 is 5.32 Å². The second-order valence-electron chi connectivity index (χ2n) is 9.44. The molecular weight excluding hydrogens is 531 g/mol. The van der Waals surface area contributed by atoms with Crippen LogP contribution in [0.15, 0.2) is 77.3 Å². The Kier molecular flexibility index (Phi) is 6.09. The maximum Gasteiger partial charge on any atom is 0.167 e. The molecule has 6 heteroatoms. The molecule has 0 radical (unpaired) electrons. The fraction of sp³-hybridized carbons (Fsp3) is 0.179. The van der Waals surface area contributed by atoms with Gasteiger partial charge in [0.05, 0.1) is 16.9 Å². The Balaban J connectivity index is 1.83. The van der Waals surface area contributed by atoms with E-state index in [1.54, 1.807) is 0 Å². The van der Waals surface area contributed by atoms with Crippen molar-refractivity contribution >= 4 is 56.3 Å². The van der Waals surface area contributed by atoms with E-state index in [1.807, 2.05) is 72.8 Å². The summed E-state index contributed by atoms with van der Waals surface area (Å²) in [5.41, 5.74) is 6.20. The first-order valence-corrected chi connectivity index (χ1v) is 12.6. The Morgan fingerprint density at radius 2 is 1.44 bits per heavy atom. The monoisotopic (exact) mass is 552 g/mol. The number of benzene rings is 3. The largest absolute Gasteiger partial charge is 0.353 e. The zero-order chi connectivity index (χ0) is 24.0. The lowest BCUT2D eigenvalue weighted by Crippen LogP contribution is -2.28. The first-order valence-electron chi connectivity index (χ1n) is 11.1. The summed E-state index contributed by atoms with van der Waals surface area (Å²) in [5, 5.41) is 4.91. The van der Waals surface area contributed by atoms with Crippen molar-refractivity contribution in [2.45, 2.75) is 26.7 Å². The Hall–Kier alpha value is -2.53. The van der Waals surface area contributed by atoms with Crippen molar-refractivity contribution in [3.63, 3.8) is 0 Å². The highest BCUT2D eigenvalue weighted by Gasteiger charge is 2.38. The van der Waals surface area contributed by atoms with E-state index in [2.05, 4.69) is 39.7 Å². The van der Waals surface area contributed by atoms with Gasteiger partial charge in [0, 0.05) is 43.6 Å². The molecule has 1 aromatic heterocycles. The summed E-state index contributed by atoms with van der Waals surface area (Å²) in [4.78, 5) is 13.6. The van der Waals surface area contributed by atoms with Crippen LogP contribution in [0, 0.1) is 5.41 Å². The molecule has 0 spiro atoms. The fourth-order valence-electron chi connectivity index (χ4n) is 4.68. The number of ketones is 1. The maximum absolute atomic E-state index is 13.6. The number of Topliss-reactive ketones (excluding diaryl/α,β-unsaturated/α-hetero) is 1. The minimum atomic E-state index is -0.140. The van der Waals surface area contributed by atoms with Gasteiger partial charge in [0.2, 0.25) is 0 Å². The highest BCUT2D eigenvalue weighted by molar-refractivity contribution is 9.10. The van der Waals surface area contributed by atoms with Crippen LogP contribution in [-0.2, 0) is 6.42 Å². The number of fused-ring (bicyclic) bond motifs is 1. The first kappa shape index (κ1) is 23.2. The van der Waals surface area contributed by atoms with Gasteiger partial charge in [0.15, 0.2) is 5.78 Å². The Morgan fingerprint density at radius 3 is 2.06 bits per heavy atom. The molecule has 0 unspecified atom stereocenters. The molecular formula is C28H23BrCl2N2O. The summed E-state index contributed by atoms with van der Waals surface area (Å²) in [6, 6.07) is 23.5. The van der Waals surface area contributed by atoms with Crippen LogP contribution in [-0.4, -0.2) is 10.4 Å². The number of carbonyl (C=O) groups is 1. The third-order valence-corrected chi connectivity index (χ3v) is 7.18. The smallest absolute Gasteiger partial charge is 0.167 e. The van der Waals surface area contributed by atoms with Gasteiger partial charge in [-0.15, -0.1) is 0 Å². The zero-order valence-corrected chi connectivity index (χ0v) is 21.9. The Labute approximate surface area is 217 Å². The molecule has 3 aromatic carbocycles. The predicted octanol–water partition coefficient (Wildman–Crippen LogP) is 9.11. The van der Waals surface area contributed by atoms with Crippen LogP contribution >= 0.6 is 39.1 Å². The average molecular weight is 554 g/mol. The lowest BCUT2D eigenvalue weighted by atomic mass is 9.76. The molecule has 0 saturated carbocycles. The van der Waals surface area contributed by atoms with Crippen molar-refractivity contribution in [1.82, 2.24) is 4.57 Å². The maximum atomic E-state index is 13.6. The molecule has 1 aliphatic rings. The van der Waals surface area contributed by atoms with E-state index in [1.165, 1.54) is 0 Å². The van der Waals surface area contributed by atoms with Gasteiger partial charge < -0.3 is 9.88 Å². The van der Waals surface area contributed by atoms with E-state index >= 15 is 0 Å². The van der Waals surface area contributed by atoms with Gasteiger partial charge in [-0.25, -0.2) is 0 Å². The summed E-state index contributed by atoms with van der Waals surface area (Å²) in [5.74, 6) is 0.147. The fourth-order valence-corrected chi connectivity index (χ4v) is 5.20. The van der Waals surface area contributed by atoms with Gasteiger partial charge in [-0.1, -0.05) is 65.1 Å². The van der Waals surface area contributed by atoms with Gasteiger partial charge in [-0.2, -0.15) is 0 Å². The van der Waals surface area contributed by atoms with E-state index in [-0.39, 0.29) is 11.2 Å². The Morgan fingerprint density at radius 1 is 0.853 bits per heavy atom. The minimum absolute atomic E-state index is 0.140. The van der Waals surface area contributed by atoms with Gasteiger partial charge in [-0.05, 0) is 72.5 Å². The molecule has 0 atom stereocenters. The first-order chi connectivity index (χ1) is 16.2. The summed E-state index contributed by atoms with van der Waals surface area (Å²) in [6.07, 6.45) is 1.28. The van der Waals surface area contributed by atoms with Crippen LogP contribution in [0.25, 0.3) is 16.9 Å². The molecule has 172 valence electrons. The van der Waals surface area contributed by atoms with Crippen molar-refractivity contribution in [2.75, 3.05) is 5.32 Å². The predicted molar refractivity (Wildman–Crippen MR) is 145 cm³/mol. The van der Waals surface area contributed by atoms with Gasteiger partial charge in [-0.3, -0.25) is 4.79 Å². The highest BCUT2D eigenvalue weighted by Crippen LogP contribution is 2.47. The summed E-state index contributed by atoms with van der Waals surface area (Å²) in [7, 11) is 0. The molecule has 1 aliphatic carbocycles. The van der Waals surface area contributed by atoms with Crippen LogP contribution in [0.4, 0.5) is 11.4 Å². The molecule has 0 fully saturated rings. The van der Waals surface area contributed by atoms with Crippen molar-refractivity contribution in [2.24, 2.45) is 5.41 Å². The molecule has 0 saturated heterocycles. The summed E-state index contributed by atoms with van der Waals surface area (Å²) < 4.78 is 3.20. The number of nitrogens with one attached hydrogen (secondary N) is 1. The number of aromatic nitrogens is 1. The lowest BCUT2D eigenvalue weighted by Gasteiger charge is -2.30. The van der Waals surface area contributed by atoms with E-state index < -0.39 is 0 Å². The van der Waals surface area contributed by atoms with Crippen molar-refractivity contribution < 1.29 is 4.79 Å². The molecule has 1 N–H and O–H groups in total. The zero-order valence-electron chi connectivity index (χ0n) is 18.8. The highest BCUT2D eigenvalue weighted by atomic mass is 79.9. The summed E-state index contributed by atoms with van der Waals surface area (Å²) >= 11 is 15.9. The van der Waals surface area contributed by atoms with Crippen molar-refractivity contribution in [3.05, 3.63) is 98.6 Å². The molecule has 4 aromatic rings. The second kappa shape index (κ2) is 8.92. The number of hydrogen-bond acceptors (Lipinski definition) is 2. The summed E-state index contributed by atoms with van der Waals surface area (Å²) in [6.45, 7) is 4.30. The van der Waals surface area contributed by atoms with Crippen molar-refractivity contribution in [3.8, 4) is 16.9 Å². The van der Waals surface area contributed by atoms with Crippen LogP contribution in [0.3, 0.4) is 0 Å². The second-order valence-corrected chi connectivity index (χ2v) is 11.2. The van der Waals surface area contributed by atoms with Crippen molar-refractivity contribution in [1.29, 1.82) is 0 Å². The number of anilines is 2. The van der Waals surface area contributed by atoms with Crippen LogP contribution in [0.5, 0.6) is 0 Å². The normalized spacial score (nSPS) is 14.7. The number of halogens is 3. The van der Waals surface area contributed by atoms with E-state index in [0.717, 1.165) is 50.5 Å². The molecule has 3 nitrogen and oxygen atoms in total. The molecule has 34 heavy (non-hydrogen) atoms. The molecule has 0 bridgehead atoms. The minimum Gasteiger partial charge on any atom is -0.353 e. The third kappa shape index (κ3) is 4.43. The molecule has 1 heterocycles. The number of nitrogens with zero attached hydrogens (tertiary/aromatic N) is 1. The van der Waals surface area contributed by atoms with E-state index in [0.29, 0.717) is 16.5 Å². The van der Waals surface area contributed by atoms with Gasteiger partial charge >= 0.3 is 0 Å². The molecule has 5 rings (SSSR count). The van der Waals surface area contributed by atoms with Crippen LogP contribution in [0.1, 0.15) is 36.3 Å². The number of rotatable bonds is 4. The van der Waals surface area contributed by atoms with Gasteiger partial charge in [0.25, 0.3) is 0 Å². The number of carbonyl (C=O) groups excluding carboxylic acids is 1. The third-order valence-electron chi connectivity index (χ3n) is 6.15. The topological polar surface area (TPSA) is 34.0 Å². The Bertz CT molecular complexity index is 1370. The standard InChI is InChI=1S/C28H23BrCl2N2O/c1-28(2)15-23-25(24(34)16-28)26(32-21-11-5-18(29)6-12-21)27(17-3-7-19(30)8-4-17)33(23)22-13-9-20(31)10-14-22/h3-14,32H,15-16H2,1-2H3. The quantitative estimate of drug-likeness (QED) is 0.273. The molecule has 0 amide bonds. The lowest BCUT2D eigenvalue weighted by molar-refractivity contribution is 0.0912. The van der Waals surface area contributed by atoms with Gasteiger partial charge in [0.1, 0.15) is 0 Å². The van der Waals surface area contributed by atoms with Crippen LogP contribution in [0.2, 0.25) is 10.0 Å².